The maximum absolute atomic E-state index is 12.4. The van der Waals surface area contributed by atoms with Crippen LogP contribution >= 0.6 is 0 Å². The average molecular weight is 368 g/mol. The van der Waals surface area contributed by atoms with Gasteiger partial charge < -0.3 is 9.88 Å². The van der Waals surface area contributed by atoms with Gasteiger partial charge in [-0.25, -0.2) is 4.98 Å². The summed E-state index contributed by atoms with van der Waals surface area (Å²) in [6, 6.07) is 16.1. The van der Waals surface area contributed by atoms with Crippen LogP contribution in [0.15, 0.2) is 61.1 Å². The number of aromatic nitrogens is 2. The highest BCUT2D eigenvalue weighted by atomic mass is 16.1. The standard InChI is InChI=1S/C23H20N4O/c1-16-14-25-15-27(16)22-10-6-17(12-19(22)13-24)7-11-23(28)26-21-9-8-18-4-2-3-5-20(18)21/h2-7,10-12,14-15,21H,8-9H2,1H3,(H,26,28)/b11-7+. The van der Waals surface area contributed by atoms with Crippen molar-refractivity contribution in [2.75, 3.05) is 0 Å². The van der Waals surface area contributed by atoms with Gasteiger partial charge in [0.2, 0.25) is 5.91 Å². The molecule has 1 aliphatic carbocycles. The van der Waals surface area contributed by atoms with Crippen molar-refractivity contribution in [2.24, 2.45) is 0 Å². The third-order valence-corrected chi connectivity index (χ3v) is 5.10. The number of nitriles is 1. The molecule has 1 amide bonds. The SMILES string of the molecule is Cc1cncn1-c1ccc(/C=C/C(=O)NC2CCc3ccccc32)cc1C#N. The minimum absolute atomic E-state index is 0.0645. The lowest BCUT2D eigenvalue weighted by Gasteiger charge is -2.12. The number of imidazole rings is 1. The van der Waals surface area contributed by atoms with Crippen molar-refractivity contribution in [1.29, 1.82) is 5.26 Å². The molecule has 0 saturated heterocycles. The molecule has 1 N–H and O–H groups in total. The number of hydrogen-bond acceptors (Lipinski definition) is 3. The Kier molecular flexibility index (Phi) is 4.77. The number of aryl methyl sites for hydroxylation is 2. The van der Waals surface area contributed by atoms with Gasteiger partial charge >= 0.3 is 0 Å². The lowest BCUT2D eigenvalue weighted by atomic mass is 10.1. The molecule has 1 aromatic heterocycles. The molecule has 0 saturated carbocycles. The van der Waals surface area contributed by atoms with Crippen LogP contribution in [0.4, 0.5) is 0 Å². The molecule has 3 aromatic rings. The van der Waals surface area contributed by atoms with Crippen LogP contribution in [0.3, 0.4) is 0 Å². The molecule has 0 spiro atoms. The lowest BCUT2D eigenvalue weighted by Crippen LogP contribution is -2.25. The number of nitrogens with zero attached hydrogens (tertiary/aromatic N) is 3. The Morgan fingerprint density at radius 1 is 1.32 bits per heavy atom. The number of hydrogen-bond donors (Lipinski definition) is 1. The van der Waals surface area contributed by atoms with Crippen molar-refractivity contribution in [3.63, 3.8) is 0 Å². The first-order chi connectivity index (χ1) is 13.7. The molecule has 4 rings (SSSR count). The molecule has 0 radical (unpaired) electrons. The Morgan fingerprint density at radius 3 is 2.96 bits per heavy atom. The summed E-state index contributed by atoms with van der Waals surface area (Å²) in [6.07, 6.45) is 8.62. The van der Waals surface area contributed by atoms with E-state index in [1.165, 1.54) is 17.2 Å². The minimum Gasteiger partial charge on any atom is -0.346 e. The van der Waals surface area contributed by atoms with Crippen molar-refractivity contribution in [1.82, 2.24) is 14.9 Å². The van der Waals surface area contributed by atoms with Gasteiger partial charge in [0.25, 0.3) is 0 Å². The Balaban J connectivity index is 1.48. The first kappa shape index (κ1) is 17.7. The van der Waals surface area contributed by atoms with E-state index in [0.29, 0.717) is 5.56 Å². The van der Waals surface area contributed by atoms with Crippen molar-refractivity contribution >= 4 is 12.0 Å². The quantitative estimate of drug-likeness (QED) is 0.711. The summed E-state index contributed by atoms with van der Waals surface area (Å²) in [5.41, 5.74) is 5.59. The van der Waals surface area contributed by atoms with Crippen LogP contribution in [-0.2, 0) is 11.2 Å². The van der Waals surface area contributed by atoms with Gasteiger partial charge in [-0.05, 0) is 54.7 Å². The van der Waals surface area contributed by atoms with Crippen molar-refractivity contribution in [3.8, 4) is 11.8 Å². The zero-order valence-electron chi connectivity index (χ0n) is 15.6. The van der Waals surface area contributed by atoms with E-state index in [2.05, 4.69) is 28.5 Å². The fourth-order valence-electron chi connectivity index (χ4n) is 3.67. The van der Waals surface area contributed by atoms with Crippen molar-refractivity contribution in [3.05, 3.63) is 89.0 Å². The van der Waals surface area contributed by atoms with Crippen LogP contribution in [-0.4, -0.2) is 15.5 Å². The molecular weight excluding hydrogens is 348 g/mol. The average Bonchev–Trinajstić information content (AvgIpc) is 3.32. The number of nitrogens with one attached hydrogen (secondary N) is 1. The topological polar surface area (TPSA) is 70.7 Å². The Bertz CT molecular complexity index is 1100. The second kappa shape index (κ2) is 7.53. The summed E-state index contributed by atoms with van der Waals surface area (Å²) in [4.78, 5) is 16.5. The summed E-state index contributed by atoms with van der Waals surface area (Å²) in [5.74, 6) is -0.130. The number of fused-ring (bicyclic) bond motifs is 1. The summed E-state index contributed by atoms with van der Waals surface area (Å²) in [7, 11) is 0. The third-order valence-electron chi connectivity index (χ3n) is 5.10. The van der Waals surface area contributed by atoms with Crippen LogP contribution < -0.4 is 5.32 Å². The minimum atomic E-state index is -0.130. The van der Waals surface area contributed by atoms with Gasteiger partial charge in [0.15, 0.2) is 0 Å². The lowest BCUT2D eigenvalue weighted by molar-refractivity contribution is -0.117. The van der Waals surface area contributed by atoms with E-state index in [9.17, 15) is 10.1 Å². The number of carbonyl (C=O) groups excluding carboxylic acids is 1. The normalized spacial score (nSPS) is 15.4. The molecule has 5 nitrogen and oxygen atoms in total. The number of benzene rings is 2. The number of rotatable bonds is 4. The predicted octanol–water partition coefficient (Wildman–Crippen LogP) is 3.87. The molecule has 1 heterocycles. The van der Waals surface area contributed by atoms with Gasteiger partial charge in [-0.15, -0.1) is 0 Å². The second-order valence-corrected chi connectivity index (χ2v) is 6.93. The summed E-state index contributed by atoms with van der Waals surface area (Å²) in [6.45, 7) is 1.94. The van der Waals surface area contributed by atoms with Gasteiger partial charge in [0.05, 0.1) is 23.6 Å². The van der Waals surface area contributed by atoms with E-state index >= 15 is 0 Å². The highest BCUT2D eigenvalue weighted by Gasteiger charge is 2.22. The van der Waals surface area contributed by atoms with E-state index in [0.717, 1.165) is 29.8 Å². The van der Waals surface area contributed by atoms with Crippen LogP contribution in [0.2, 0.25) is 0 Å². The van der Waals surface area contributed by atoms with Crippen molar-refractivity contribution < 1.29 is 4.79 Å². The Morgan fingerprint density at radius 2 is 2.18 bits per heavy atom. The predicted molar refractivity (Wildman–Crippen MR) is 108 cm³/mol. The largest absolute Gasteiger partial charge is 0.346 e. The summed E-state index contributed by atoms with van der Waals surface area (Å²) < 4.78 is 1.87. The first-order valence-electron chi connectivity index (χ1n) is 9.25. The fourth-order valence-corrected chi connectivity index (χ4v) is 3.67. The van der Waals surface area contributed by atoms with Crippen LogP contribution in [0.25, 0.3) is 11.8 Å². The molecule has 5 heteroatoms. The summed E-state index contributed by atoms with van der Waals surface area (Å²) in [5, 5.41) is 12.6. The van der Waals surface area contributed by atoms with E-state index < -0.39 is 0 Å². The maximum Gasteiger partial charge on any atom is 0.244 e. The Hall–Kier alpha value is -3.65. The Labute approximate surface area is 164 Å². The van der Waals surface area contributed by atoms with Gasteiger partial charge in [0, 0.05) is 18.0 Å². The number of carbonyl (C=O) groups is 1. The molecule has 138 valence electrons. The third kappa shape index (κ3) is 3.45. The fraction of sp³-hybridized carbons (Fsp3) is 0.174. The maximum atomic E-state index is 12.4. The van der Waals surface area contributed by atoms with Gasteiger partial charge in [-0.3, -0.25) is 4.79 Å². The molecular formula is C23H20N4O. The highest BCUT2D eigenvalue weighted by Crippen LogP contribution is 2.30. The summed E-state index contributed by atoms with van der Waals surface area (Å²) >= 11 is 0. The van der Waals surface area contributed by atoms with Crippen LogP contribution in [0.1, 0.15) is 40.4 Å². The molecule has 1 unspecified atom stereocenters. The molecule has 1 aliphatic rings. The molecule has 2 aromatic carbocycles. The molecule has 28 heavy (non-hydrogen) atoms. The molecule has 0 fully saturated rings. The van der Waals surface area contributed by atoms with E-state index in [4.69, 9.17) is 0 Å². The van der Waals surface area contributed by atoms with E-state index in [-0.39, 0.29) is 11.9 Å². The monoisotopic (exact) mass is 368 g/mol. The molecule has 0 aliphatic heterocycles. The van der Waals surface area contributed by atoms with Gasteiger partial charge in [-0.1, -0.05) is 30.3 Å². The van der Waals surface area contributed by atoms with Crippen molar-refractivity contribution in [2.45, 2.75) is 25.8 Å². The zero-order valence-corrected chi connectivity index (χ0v) is 15.6. The highest BCUT2D eigenvalue weighted by molar-refractivity contribution is 5.92. The molecule has 1 atom stereocenters. The zero-order chi connectivity index (χ0) is 19.5. The van der Waals surface area contributed by atoms with Crippen LogP contribution in [0, 0.1) is 18.3 Å². The first-order valence-corrected chi connectivity index (χ1v) is 9.25. The smallest absolute Gasteiger partial charge is 0.244 e. The van der Waals surface area contributed by atoms with Gasteiger partial charge in [0.1, 0.15) is 6.07 Å². The second-order valence-electron chi connectivity index (χ2n) is 6.93. The number of amides is 1. The van der Waals surface area contributed by atoms with Gasteiger partial charge in [-0.2, -0.15) is 5.26 Å². The van der Waals surface area contributed by atoms with E-state index in [1.54, 1.807) is 24.7 Å². The molecule has 0 bridgehead atoms. The van der Waals surface area contributed by atoms with E-state index in [1.807, 2.05) is 35.8 Å². The van der Waals surface area contributed by atoms with Crippen LogP contribution in [0.5, 0.6) is 0 Å².